The fourth-order valence-corrected chi connectivity index (χ4v) is 3.77. The lowest BCUT2D eigenvalue weighted by atomic mass is 9.76. The molecule has 1 saturated heterocycles. The zero-order chi connectivity index (χ0) is 23.4. The maximum atomic E-state index is 13.5. The number of nitrogens with zero attached hydrogens (tertiary/aromatic N) is 1. The van der Waals surface area contributed by atoms with Gasteiger partial charge in [0, 0.05) is 36.6 Å². The SMILES string of the molecule is CNC(=O)c1c(-c2ccc(F)cc2)oc2cc(N(C)N)c(B3OC(C)(C)C(C)(C)O3)cc12. The number of amides is 1. The van der Waals surface area contributed by atoms with Crippen LogP contribution in [-0.4, -0.2) is 38.3 Å². The molecule has 0 saturated carbocycles. The van der Waals surface area contributed by atoms with Crippen molar-refractivity contribution in [3.63, 3.8) is 0 Å². The number of hydrogen-bond acceptors (Lipinski definition) is 6. The van der Waals surface area contributed by atoms with Gasteiger partial charge in [-0.3, -0.25) is 4.79 Å². The van der Waals surface area contributed by atoms with E-state index in [2.05, 4.69) is 5.32 Å². The van der Waals surface area contributed by atoms with Gasteiger partial charge in [0.05, 0.1) is 22.5 Å². The van der Waals surface area contributed by atoms with Crippen molar-refractivity contribution in [2.75, 3.05) is 19.1 Å². The topological polar surface area (TPSA) is 90.0 Å². The first kappa shape index (κ1) is 22.3. The third-order valence-electron chi connectivity index (χ3n) is 6.28. The molecule has 32 heavy (non-hydrogen) atoms. The van der Waals surface area contributed by atoms with E-state index in [0.29, 0.717) is 39.0 Å². The number of fused-ring (bicyclic) bond motifs is 1. The first-order chi connectivity index (χ1) is 14.9. The lowest BCUT2D eigenvalue weighted by Crippen LogP contribution is -2.41. The molecule has 2 heterocycles. The molecule has 4 rings (SSSR count). The number of furan rings is 1. The number of rotatable bonds is 4. The van der Waals surface area contributed by atoms with Gasteiger partial charge in [-0.1, -0.05) is 0 Å². The van der Waals surface area contributed by atoms with E-state index in [4.69, 9.17) is 19.6 Å². The third-order valence-corrected chi connectivity index (χ3v) is 6.28. The molecular weight excluding hydrogens is 412 g/mol. The van der Waals surface area contributed by atoms with Crippen LogP contribution in [0.15, 0.2) is 40.8 Å². The summed E-state index contributed by atoms with van der Waals surface area (Å²) in [6.45, 7) is 7.88. The van der Waals surface area contributed by atoms with E-state index in [0.717, 1.165) is 0 Å². The first-order valence-electron chi connectivity index (χ1n) is 10.4. The summed E-state index contributed by atoms with van der Waals surface area (Å²) in [5.74, 6) is 5.77. The Balaban J connectivity index is 1.96. The Morgan fingerprint density at radius 1 is 1.09 bits per heavy atom. The van der Waals surface area contributed by atoms with Crippen LogP contribution < -0.4 is 21.6 Å². The maximum Gasteiger partial charge on any atom is 0.497 e. The highest BCUT2D eigenvalue weighted by molar-refractivity contribution is 6.64. The van der Waals surface area contributed by atoms with Crippen LogP contribution in [0.4, 0.5) is 10.1 Å². The van der Waals surface area contributed by atoms with E-state index < -0.39 is 18.3 Å². The minimum atomic E-state index is -0.688. The van der Waals surface area contributed by atoms with Crippen LogP contribution in [0.25, 0.3) is 22.3 Å². The van der Waals surface area contributed by atoms with Crippen LogP contribution in [0.3, 0.4) is 0 Å². The second kappa shape index (κ2) is 7.62. The fraction of sp³-hybridized carbons (Fsp3) is 0.348. The van der Waals surface area contributed by atoms with E-state index in [1.165, 1.54) is 17.1 Å². The van der Waals surface area contributed by atoms with Crippen molar-refractivity contribution >= 4 is 35.1 Å². The summed E-state index contributed by atoms with van der Waals surface area (Å²) in [6.07, 6.45) is 0. The number of carbonyl (C=O) groups excluding carboxylic acids is 1. The van der Waals surface area contributed by atoms with Crippen LogP contribution in [0.1, 0.15) is 38.1 Å². The molecule has 0 spiro atoms. The number of nitrogens with one attached hydrogen (secondary N) is 1. The summed E-state index contributed by atoms with van der Waals surface area (Å²) in [5, 5.41) is 4.70. The summed E-state index contributed by atoms with van der Waals surface area (Å²) in [6, 6.07) is 9.37. The molecule has 168 valence electrons. The highest BCUT2D eigenvalue weighted by Crippen LogP contribution is 2.39. The molecule has 0 radical (unpaired) electrons. The molecule has 0 atom stereocenters. The van der Waals surface area contributed by atoms with Gasteiger partial charge in [0.25, 0.3) is 5.91 Å². The minimum absolute atomic E-state index is 0.322. The van der Waals surface area contributed by atoms with E-state index in [-0.39, 0.29) is 11.7 Å². The Kier molecular flexibility index (Phi) is 5.31. The number of benzene rings is 2. The Morgan fingerprint density at radius 2 is 1.69 bits per heavy atom. The van der Waals surface area contributed by atoms with E-state index in [1.807, 2.05) is 33.8 Å². The monoisotopic (exact) mass is 439 g/mol. The molecule has 1 aliphatic rings. The standard InChI is InChI=1S/C23H27BFN3O4/c1-22(2)23(3,4)32-24(31-22)16-11-15-18(12-17(16)28(6)26)30-20(19(15)21(29)27-5)13-7-9-14(25)10-8-13/h7-12H,26H2,1-6H3,(H,27,29). The molecule has 0 unspecified atom stereocenters. The summed E-state index contributed by atoms with van der Waals surface area (Å²) in [4.78, 5) is 12.9. The van der Waals surface area contributed by atoms with Crippen molar-refractivity contribution in [2.45, 2.75) is 38.9 Å². The zero-order valence-electron chi connectivity index (χ0n) is 19.1. The zero-order valence-corrected chi connectivity index (χ0v) is 19.1. The Labute approximate surface area is 186 Å². The molecule has 2 aromatic carbocycles. The molecular formula is C23H27BFN3O4. The van der Waals surface area contributed by atoms with Crippen molar-refractivity contribution in [1.29, 1.82) is 0 Å². The molecule has 1 aromatic heterocycles. The molecule has 9 heteroatoms. The lowest BCUT2D eigenvalue weighted by molar-refractivity contribution is 0.00578. The number of halogens is 1. The van der Waals surface area contributed by atoms with Gasteiger partial charge in [0.15, 0.2) is 0 Å². The van der Waals surface area contributed by atoms with E-state index in [1.54, 1.807) is 32.3 Å². The average Bonchev–Trinajstić information content (AvgIpc) is 3.20. The van der Waals surface area contributed by atoms with Crippen LogP contribution >= 0.6 is 0 Å². The molecule has 7 nitrogen and oxygen atoms in total. The van der Waals surface area contributed by atoms with Gasteiger partial charge in [-0.15, -0.1) is 0 Å². The molecule has 0 aliphatic carbocycles. The normalized spacial score (nSPS) is 17.1. The Bertz CT molecular complexity index is 1170. The van der Waals surface area contributed by atoms with Crippen LogP contribution in [0, 0.1) is 5.82 Å². The molecule has 1 amide bonds. The molecule has 1 fully saturated rings. The first-order valence-corrected chi connectivity index (χ1v) is 10.4. The predicted molar refractivity (Wildman–Crippen MR) is 123 cm³/mol. The van der Waals surface area contributed by atoms with Gasteiger partial charge in [0.1, 0.15) is 17.2 Å². The van der Waals surface area contributed by atoms with Gasteiger partial charge in [-0.05, 0) is 58.0 Å². The maximum absolute atomic E-state index is 13.5. The van der Waals surface area contributed by atoms with Gasteiger partial charge in [-0.25, -0.2) is 10.2 Å². The number of anilines is 1. The fourth-order valence-electron chi connectivity index (χ4n) is 3.77. The highest BCUT2D eigenvalue weighted by atomic mass is 19.1. The minimum Gasteiger partial charge on any atom is -0.455 e. The van der Waals surface area contributed by atoms with Crippen LogP contribution in [-0.2, 0) is 9.31 Å². The largest absolute Gasteiger partial charge is 0.497 e. The van der Waals surface area contributed by atoms with Gasteiger partial charge in [-0.2, -0.15) is 0 Å². The van der Waals surface area contributed by atoms with Gasteiger partial charge < -0.3 is 24.1 Å². The quantitative estimate of drug-likeness (QED) is 0.369. The number of hydrazine groups is 1. The van der Waals surface area contributed by atoms with Crippen LogP contribution in [0.5, 0.6) is 0 Å². The van der Waals surface area contributed by atoms with Crippen molar-refractivity contribution < 1.29 is 22.9 Å². The lowest BCUT2D eigenvalue weighted by Gasteiger charge is -2.32. The summed E-state index contributed by atoms with van der Waals surface area (Å²) < 4.78 is 32.0. The second-order valence-electron chi connectivity index (χ2n) is 9.00. The van der Waals surface area contributed by atoms with E-state index >= 15 is 0 Å². The average molecular weight is 439 g/mol. The molecule has 1 aliphatic heterocycles. The summed E-state index contributed by atoms with van der Waals surface area (Å²) in [5.41, 5.74) is 1.62. The summed E-state index contributed by atoms with van der Waals surface area (Å²) >= 11 is 0. The van der Waals surface area contributed by atoms with Crippen molar-refractivity contribution in [1.82, 2.24) is 5.32 Å². The van der Waals surface area contributed by atoms with Crippen molar-refractivity contribution in [3.05, 3.63) is 47.8 Å². The van der Waals surface area contributed by atoms with Crippen LogP contribution in [0.2, 0.25) is 0 Å². The van der Waals surface area contributed by atoms with E-state index in [9.17, 15) is 9.18 Å². The molecule has 3 aromatic rings. The Morgan fingerprint density at radius 3 is 2.22 bits per heavy atom. The number of carbonyl (C=O) groups is 1. The Hall–Kier alpha value is -2.88. The molecule has 3 N–H and O–H groups in total. The van der Waals surface area contributed by atoms with Crippen molar-refractivity contribution in [2.24, 2.45) is 5.84 Å². The van der Waals surface area contributed by atoms with Crippen molar-refractivity contribution in [3.8, 4) is 11.3 Å². The van der Waals surface area contributed by atoms with Gasteiger partial charge >= 0.3 is 7.12 Å². The smallest absolute Gasteiger partial charge is 0.455 e. The summed E-state index contributed by atoms with van der Waals surface area (Å²) in [7, 11) is 2.57. The second-order valence-corrected chi connectivity index (χ2v) is 9.00. The number of hydrogen-bond donors (Lipinski definition) is 2. The predicted octanol–water partition coefficient (Wildman–Crippen LogP) is 3.21. The van der Waals surface area contributed by atoms with Gasteiger partial charge in [0.2, 0.25) is 0 Å². The highest BCUT2D eigenvalue weighted by Gasteiger charge is 2.52. The molecule has 0 bridgehead atoms. The number of nitrogens with two attached hydrogens (primary N) is 1. The third kappa shape index (κ3) is 3.56.